The number of piperidine rings is 1. The topological polar surface area (TPSA) is 51.7 Å². The number of hydrogen-bond acceptors (Lipinski definition) is 5. The summed E-state index contributed by atoms with van der Waals surface area (Å²) in [5.74, 6) is 1.26. The zero-order chi connectivity index (χ0) is 19.7. The zero-order valence-corrected chi connectivity index (χ0v) is 17.3. The van der Waals surface area contributed by atoms with E-state index < -0.39 is 0 Å². The van der Waals surface area contributed by atoms with Gasteiger partial charge in [0.05, 0.1) is 34.5 Å². The van der Waals surface area contributed by atoms with Gasteiger partial charge in [-0.05, 0) is 37.1 Å². The van der Waals surface area contributed by atoms with Crippen LogP contribution in [0, 0.1) is 0 Å². The third-order valence-electron chi connectivity index (χ3n) is 5.12. The number of likely N-dealkylation sites (tertiary alicyclic amines) is 1. The van der Waals surface area contributed by atoms with Gasteiger partial charge in [-0.15, -0.1) is 11.3 Å². The molecule has 0 unspecified atom stereocenters. The van der Waals surface area contributed by atoms with Gasteiger partial charge in [-0.25, -0.2) is 4.98 Å². The van der Waals surface area contributed by atoms with Crippen LogP contribution in [0.3, 0.4) is 0 Å². The second-order valence-corrected chi connectivity index (χ2v) is 8.25. The minimum Gasteiger partial charge on any atom is -0.493 e. The summed E-state index contributed by atoms with van der Waals surface area (Å²) >= 11 is 8.01. The molecule has 0 radical (unpaired) electrons. The van der Waals surface area contributed by atoms with Crippen LogP contribution in [0.1, 0.15) is 34.1 Å². The van der Waals surface area contributed by atoms with Crippen LogP contribution in [0.4, 0.5) is 0 Å². The smallest absolute Gasteiger partial charge is 0.254 e. The number of benzene rings is 2. The maximum absolute atomic E-state index is 13.0. The Morgan fingerprint density at radius 1 is 1.18 bits per heavy atom. The summed E-state index contributed by atoms with van der Waals surface area (Å²) in [7, 11) is 3.06. The van der Waals surface area contributed by atoms with Gasteiger partial charge in [-0.1, -0.05) is 23.7 Å². The molecule has 1 fully saturated rings. The molecule has 0 aliphatic carbocycles. The van der Waals surface area contributed by atoms with E-state index in [0.29, 0.717) is 41.1 Å². The summed E-state index contributed by atoms with van der Waals surface area (Å²) in [6.45, 7) is 1.40. The fourth-order valence-electron chi connectivity index (χ4n) is 3.62. The molecule has 1 aromatic heterocycles. The van der Waals surface area contributed by atoms with E-state index in [1.165, 1.54) is 23.9 Å². The summed E-state index contributed by atoms with van der Waals surface area (Å²) in [4.78, 5) is 19.6. The number of carbonyl (C=O) groups excluding carboxylic acids is 1. The number of nitrogens with zero attached hydrogens (tertiary/aromatic N) is 2. The SMILES string of the molecule is COc1cc(C(=O)N2CCC(c3nc4ccccc4s3)CC2)cc(Cl)c1OC. The number of fused-ring (bicyclic) bond motifs is 1. The third kappa shape index (κ3) is 3.54. The third-order valence-corrected chi connectivity index (χ3v) is 6.60. The number of para-hydroxylation sites is 1. The van der Waals surface area contributed by atoms with Crippen molar-refractivity contribution in [2.45, 2.75) is 18.8 Å². The van der Waals surface area contributed by atoms with Crippen LogP contribution in [0.15, 0.2) is 36.4 Å². The molecule has 2 heterocycles. The molecule has 3 aromatic rings. The largest absolute Gasteiger partial charge is 0.493 e. The first-order valence-corrected chi connectivity index (χ1v) is 10.4. The number of carbonyl (C=O) groups is 1. The molecular formula is C21H21ClN2O3S. The lowest BCUT2D eigenvalue weighted by molar-refractivity contribution is 0.0712. The minimum atomic E-state index is -0.0365. The fraction of sp³-hybridized carbons (Fsp3) is 0.333. The first kappa shape index (κ1) is 19.0. The number of rotatable bonds is 4. The average molecular weight is 417 g/mol. The van der Waals surface area contributed by atoms with Crippen LogP contribution in [0.5, 0.6) is 11.5 Å². The average Bonchev–Trinajstić information content (AvgIpc) is 3.17. The van der Waals surface area contributed by atoms with Gasteiger partial charge < -0.3 is 14.4 Å². The Kier molecular flexibility index (Phi) is 5.42. The Balaban J connectivity index is 1.47. The Bertz CT molecular complexity index is 979. The van der Waals surface area contributed by atoms with E-state index in [0.717, 1.165) is 18.4 Å². The summed E-state index contributed by atoms with van der Waals surface area (Å²) in [6.07, 6.45) is 1.82. The summed E-state index contributed by atoms with van der Waals surface area (Å²) in [6, 6.07) is 11.5. The Morgan fingerprint density at radius 2 is 1.93 bits per heavy atom. The molecule has 0 saturated carbocycles. The van der Waals surface area contributed by atoms with Crippen molar-refractivity contribution in [3.05, 3.63) is 52.0 Å². The number of aromatic nitrogens is 1. The van der Waals surface area contributed by atoms with Gasteiger partial charge >= 0.3 is 0 Å². The van der Waals surface area contributed by atoms with Crippen molar-refractivity contribution in [2.75, 3.05) is 27.3 Å². The summed E-state index contributed by atoms with van der Waals surface area (Å²) in [5, 5.41) is 1.54. The molecule has 146 valence electrons. The van der Waals surface area contributed by atoms with E-state index in [2.05, 4.69) is 12.1 Å². The monoisotopic (exact) mass is 416 g/mol. The van der Waals surface area contributed by atoms with Crippen LogP contribution in [-0.2, 0) is 0 Å². The lowest BCUT2D eigenvalue weighted by atomic mass is 9.97. The molecule has 1 amide bonds. The Morgan fingerprint density at radius 3 is 2.61 bits per heavy atom. The predicted molar refractivity (Wildman–Crippen MR) is 112 cm³/mol. The first-order valence-electron chi connectivity index (χ1n) is 9.17. The number of thiazole rings is 1. The second-order valence-electron chi connectivity index (χ2n) is 6.78. The van der Waals surface area contributed by atoms with Crippen molar-refractivity contribution >= 4 is 39.1 Å². The van der Waals surface area contributed by atoms with E-state index in [1.54, 1.807) is 23.5 Å². The molecule has 4 rings (SSSR count). The van der Waals surface area contributed by atoms with E-state index in [-0.39, 0.29) is 5.91 Å². The van der Waals surface area contributed by atoms with E-state index >= 15 is 0 Å². The van der Waals surface area contributed by atoms with Crippen molar-refractivity contribution in [1.29, 1.82) is 0 Å². The van der Waals surface area contributed by atoms with Gasteiger partial charge in [-0.2, -0.15) is 0 Å². The molecule has 0 atom stereocenters. The lowest BCUT2D eigenvalue weighted by Crippen LogP contribution is -2.37. The van der Waals surface area contributed by atoms with Crippen LogP contribution in [0.2, 0.25) is 5.02 Å². The van der Waals surface area contributed by atoms with Gasteiger partial charge in [0, 0.05) is 24.6 Å². The molecule has 28 heavy (non-hydrogen) atoms. The van der Waals surface area contributed by atoms with Gasteiger partial charge in [-0.3, -0.25) is 4.79 Å². The van der Waals surface area contributed by atoms with Gasteiger partial charge in [0.15, 0.2) is 11.5 Å². The fourth-order valence-corrected chi connectivity index (χ4v) is 5.04. The number of halogens is 1. The Hall–Kier alpha value is -2.31. The zero-order valence-electron chi connectivity index (χ0n) is 15.8. The molecule has 0 spiro atoms. The van der Waals surface area contributed by atoms with Crippen LogP contribution in [0.25, 0.3) is 10.2 Å². The molecule has 0 bridgehead atoms. The van der Waals surface area contributed by atoms with Crippen molar-refractivity contribution in [3.63, 3.8) is 0 Å². The van der Waals surface area contributed by atoms with Gasteiger partial charge in [0.25, 0.3) is 5.91 Å². The molecule has 1 aliphatic rings. The number of ether oxygens (including phenoxy) is 2. The van der Waals surface area contributed by atoms with Crippen molar-refractivity contribution < 1.29 is 14.3 Å². The molecule has 5 nitrogen and oxygen atoms in total. The van der Waals surface area contributed by atoms with Crippen LogP contribution < -0.4 is 9.47 Å². The van der Waals surface area contributed by atoms with E-state index in [9.17, 15) is 4.79 Å². The quantitative estimate of drug-likeness (QED) is 0.601. The summed E-state index contributed by atoms with van der Waals surface area (Å²) < 4.78 is 11.8. The highest BCUT2D eigenvalue weighted by Gasteiger charge is 2.27. The molecule has 2 aromatic carbocycles. The number of amides is 1. The van der Waals surface area contributed by atoms with Crippen molar-refractivity contribution in [2.24, 2.45) is 0 Å². The molecule has 1 saturated heterocycles. The molecule has 7 heteroatoms. The van der Waals surface area contributed by atoms with Gasteiger partial charge in [0.2, 0.25) is 0 Å². The highest BCUT2D eigenvalue weighted by molar-refractivity contribution is 7.18. The number of hydrogen-bond donors (Lipinski definition) is 0. The van der Waals surface area contributed by atoms with E-state index in [4.69, 9.17) is 26.1 Å². The lowest BCUT2D eigenvalue weighted by Gasteiger charge is -2.31. The second kappa shape index (κ2) is 7.97. The minimum absolute atomic E-state index is 0.0365. The molecule has 1 aliphatic heterocycles. The maximum atomic E-state index is 13.0. The van der Waals surface area contributed by atoms with Crippen molar-refractivity contribution in [3.8, 4) is 11.5 Å². The van der Waals surface area contributed by atoms with E-state index in [1.807, 2.05) is 17.0 Å². The predicted octanol–water partition coefficient (Wildman–Crippen LogP) is 4.99. The Labute approximate surface area is 172 Å². The number of methoxy groups -OCH3 is 2. The molecular weight excluding hydrogens is 396 g/mol. The van der Waals surface area contributed by atoms with Crippen molar-refractivity contribution in [1.82, 2.24) is 9.88 Å². The normalized spacial score (nSPS) is 15.0. The summed E-state index contributed by atoms with van der Waals surface area (Å²) in [5.41, 5.74) is 1.57. The molecule has 0 N–H and O–H groups in total. The maximum Gasteiger partial charge on any atom is 0.254 e. The van der Waals surface area contributed by atoms with Gasteiger partial charge in [0.1, 0.15) is 0 Å². The van der Waals surface area contributed by atoms with Crippen LogP contribution >= 0.6 is 22.9 Å². The highest BCUT2D eigenvalue weighted by Crippen LogP contribution is 2.37. The van der Waals surface area contributed by atoms with Crippen LogP contribution in [-0.4, -0.2) is 43.1 Å². The standard InChI is InChI=1S/C21H21ClN2O3S/c1-26-17-12-14(11-15(22)19(17)27-2)21(25)24-9-7-13(8-10-24)20-23-16-5-3-4-6-18(16)28-20/h3-6,11-13H,7-10H2,1-2H3. The first-order chi connectivity index (χ1) is 13.6. The highest BCUT2D eigenvalue weighted by atomic mass is 35.5.